The molecule has 37 heteroatoms. The Labute approximate surface area is 411 Å². The van der Waals surface area contributed by atoms with Gasteiger partial charge in [0.1, 0.15) is 48.3 Å². The highest BCUT2D eigenvalue weighted by molar-refractivity contribution is 6.01. The quantitative estimate of drug-likeness (QED) is 0.0278. The molecule has 0 aromatic heterocycles. The third-order valence-electron chi connectivity index (χ3n) is 9.09. The third kappa shape index (κ3) is 25.3. The number of hydrogen-bond donors (Lipinski definition) is 10. The summed E-state index contributed by atoms with van der Waals surface area (Å²) in [7, 11) is 1.06. The molecule has 0 aliphatic heterocycles. The topological polar surface area (TPSA) is 649 Å². The Kier molecular flexibility index (Phi) is 26.9. The minimum absolute atomic E-state index is 1.04. The zero-order chi connectivity index (χ0) is 57.3. The van der Waals surface area contributed by atoms with Crippen LogP contribution in [0, 0.1) is 0 Å². The number of likely N-dealkylation sites (N-methyl/N-ethyl adjacent to an activating group) is 1. The molecule has 9 amide bonds. The Hall–Kier alpha value is -9.58. The first-order valence-electron chi connectivity index (χ1n) is 20.4. The monoisotopic (exact) mass is 1060 g/mol. The highest BCUT2D eigenvalue weighted by atomic mass is 16.4. The molecule has 0 bridgehead atoms. The molecular formula is C37H41N10O27-9. The van der Waals surface area contributed by atoms with Crippen LogP contribution in [0.3, 0.4) is 0 Å². The number of aliphatic carboxylic acids is 9. The number of nitrogens with two attached hydrogens (primary N) is 1. The Morgan fingerprint density at radius 2 is 0.378 bits per heavy atom. The van der Waals surface area contributed by atoms with Gasteiger partial charge in [0.15, 0.2) is 0 Å². The van der Waals surface area contributed by atoms with Crippen molar-refractivity contribution in [3.63, 3.8) is 0 Å². The summed E-state index contributed by atoms with van der Waals surface area (Å²) in [5, 5.41) is 118. The van der Waals surface area contributed by atoms with Crippen molar-refractivity contribution in [2.75, 3.05) is 7.05 Å². The lowest BCUT2D eigenvalue weighted by molar-refractivity contribution is -0.307. The van der Waals surface area contributed by atoms with Crippen molar-refractivity contribution >= 4 is 107 Å². The molecule has 0 rings (SSSR count). The minimum Gasteiger partial charge on any atom is -0.550 e. The van der Waals surface area contributed by atoms with E-state index in [1.54, 1.807) is 42.5 Å². The molecule has 0 aromatic carbocycles. The second-order valence-electron chi connectivity index (χ2n) is 14.9. The van der Waals surface area contributed by atoms with E-state index >= 15 is 0 Å². The van der Waals surface area contributed by atoms with Crippen LogP contribution in [0.25, 0.3) is 0 Å². The van der Waals surface area contributed by atoms with Crippen LogP contribution < -0.4 is 99.5 Å². The van der Waals surface area contributed by atoms with Gasteiger partial charge in [-0.15, -0.1) is 0 Å². The van der Waals surface area contributed by atoms with Crippen LogP contribution in [0.4, 0.5) is 0 Å². The first kappa shape index (κ1) is 64.4. The summed E-state index contributed by atoms with van der Waals surface area (Å²) in [4.78, 5) is 219. The minimum atomic E-state index is -2.64. The number of carbonyl (C=O) groups excluding carboxylic acids is 18. The van der Waals surface area contributed by atoms with Crippen LogP contribution in [0.15, 0.2) is 0 Å². The third-order valence-corrected chi connectivity index (χ3v) is 9.09. The number of nitrogens with one attached hydrogen (secondary N) is 9. The van der Waals surface area contributed by atoms with Crippen LogP contribution in [0.2, 0.25) is 0 Å². The number of carbonyl (C=O) groups is 18. The van der Waals surface area contributed by atoms with E-state index in [1.807, 2.05) is 0 Å². The zero-order valence-electron chi connectivity index (χ0n) is 37.7. The fraction of sp³-hybridized carbons (Fsp3) is 0.514. The van der Waals surface area contributed by atoms with Crippen LogP contribution >= 0.6 is 0 Å². The van der Waals surface area contributed by atoms with E-state index in [0.717, 1.165) is 7.05 Å². The largest absolute Gasteiger partial charge is 0.550 e. The SMILES string of the molecule is CNC(CC(=O)[O-])C(=O)N[C@@H](CC(=O)[O-])C(=O)NC(CC(=O)[O-])C(=O)N[C@@H](CC(=O)[O-])C(=O)NC(CC(=O)[O-])C(=O)N[C@@H](CC(=O)[O-])C(=O)NC(CC(=O)[O-])C(=O)N[C@@H](CC(=O)[O-])C(=O)NC(CC(=O)[O-])C(N)=O. The van der Waals surface area contributed by atoms with Gasteiger partial charge in [0, 0.05) is 112 Å². The summed E-state index contributed by atoms with van der Waals surface area (Å²) < 4.78 is 0. The maximum Gasteiger partial charge on any atom is 0.243 e. The van der Waals surface area contributed by atoms with E-state index in [1.165, 1.54) is 0 Å². The van der Waals surface area contributed by atoms with Crippen LogP contribution in [-0.2, 0) is 86.3 Å². The highest BCUT2D eigenvalue weighted by Crippen LogP contribution is 2.06. The van der Waals surface area contributed by atoms with Crippen LogP contribution in [-0.4, -0.2) is 168 Å². The molecule has 410 valence electrons. The summed E-state index contributed by atoms with van der Waals surface area (Å²) in [5.41, 5.74) is 4.97. The molecule has 37 nitrogen and oxygen atoms in total. The van der Waals surface area contributed by atoms with Crippen molar-refractivity contribution < 1.29 is 132 Å². The molecule has 5 unspecified atom stereocenters. The molecule has 0 saturated carbocycles. The summed E-state index contributed by atoms with van der Waals surface area (Å²) in [5.74, 6) is -34.8. The molecule has 0 radical (unpaired) electrons. The molecule has 0 aliphatic carbocycles. The molecule has 74 heavy (non-hydrogen) atoms. The van der Waals surface area contributed by atoms with E-state index < -0.39 is 219 Å². The number of carboxylic acid groups (broad SMARTS) is 9. The van der Waals surface area contributed by atoms with Crippen molar-refractivity contribution in [2.24, 2.45) is 5.73 Å². The van der Waals surface area contributed by atoms with Gasteiger partial charge in [-0.2, -0.15) is 0 Å². The average Bonchev–Trinajstić information content (AvgIpc) is 3.24. The molecule has 0 heterocycles. The van der Waals surface area contributed by atoms with Gasteiger partial charge in [0.25, 0.3) is 0 Å². The van der Waals surface area contributed by atoms with E-state index in [9.17, 15) is 132 Å². The van der Waals surface area contributed by atoms with Crippen molar-refractivity contribution in [1.29, 1.82) is 0 Å². The van der Waals surface area contributed by atoms with E-state index in [-0.39, 0.29) is 0 Å². The van der Waals surface area contributed by atoms with Gasteiger partial charge in [0.05, 0.1) is 6.04 Å². The number of primary amides is 1. The van der Waals surface area contributed by atoms with Gasteiger partial charge < -0.3 is 143 Å². The summed E-state index contributed by atoms with van der Waals surface area (Å²) in [6, 6.07) is -21.4. The van der Waals surface area contributed by atoms with Crippen LogP contribution in [0.5, 0.6) is 0 Å². The standard InChI is InChI=1S/C37H50N10O27/c1-39-12(3-21(50)51)30(67)41-14(5-23(54)55)32(69)43-16(7-25(58)59)34(71)45-18(9-27(62)63)36(73)47-19(10-28(64)65)37(74)46-17(8-26(60)61)35(72)44-15(6-24(56)57)33(70)42-13(4-22(52)53)31(68)40-11(29(38)66)2-20(48)49/h11-19,39H,2-10H2,1H3,(H2,38,66)(H,40,68)(H,41,67)(H,42,70)(H,43,69)(H,44,72)(H,45,71)(H,46,74)(H,47,73)(H,48,49)(H,50,51)(H,52,53)(H,54,55)(H,56,57)(H,58,59)(H,60,61)(H,62,63)(H,64,65)/p-9/t11?,12?,13-,14-,15?,16?,17-,18-,19?/m0/s1. The summed E-state index contributed by atoms with van der Waals surface area (Å²) >= 11 is 0. The summed E-state index contributed by atoms with van der Waals surface area (Å²) in [6.45, 7) is 0. The second-order valence-corrected chi connectivity index (χ2v) is 14.9. The van der Waals surface area contributed by atoms with Gasteiger partial charge in [-0.3, -0.25) is 43.2 Å². The molecule has 9 atom stereocenters. The average molecular weight is 1060 g/mol. The highest BCUT2D eigenvalue weighted by Gasteiger charge is 2.35. The Balaban J connectivity index is 6.77. The van der Waals surface area contributed by atoms with Crippen LogP contribution in [0.1, 0.15) is 57.8 Å². The van der Waals surface area contributed by atoms with Crippen molar-refractivity contribution in [3.8, 4) is 0 Å². The lowest BCUT2D eigenvalue weighted by atomic mass is 10.1. The first-order valence-corrected chi connectivity index (χ1v) is 20.4. The fourth-order valence-corrected chi connectivity index (χ4v) is 5.69. The molecule has 11 N–H and O–H groups in total. The Morgan fingerprint density at radius 3 is 0.514 bits per heavy atom. The second kappa shape index (κ2) is 30.9. The lowest BCUT2D eigenvalue weighted by Crippen LogP contribution is -2.62. The molecule has 0 aromatic rings. The van der Waals surface area contributed by atoms with Crippen molar-refractivity contribution in [1.82, 2.24) is 47.9 Å². The molecular weight excluding hydrogens is 1020 g/mol. The number of rotatable bonds is 36. The van der Waals surface area contributed by atoms with Crippen molar-refractivity contribution in [3.05, 3.63) is 0 Å². The van der Waals surface area contributed by atoms with Gasteiger partial charge in [0.2, 0.25) is 53.2 Å². The van der Waals surface area contributed by atoms with E-state index in [2.05, 4.69) is 5.32 Å². The zero-order valence-corrected chi connectivity index (χ0v) is 37.7. The van der Waals surface area contributed by atoms with Gasteiger partial charge in [-0.25, -0.2) is 0 Å². The smallest absolute Gasteiger partial charge is 0.243 e. The predicted octanol–water partition coefficient (Wildman–Crippen LogP) is -21.8. The molecule has 0 saturated heterocycles. The van der Waals surface area contributed by atoms with E-state index in [0.29, 0.717) is 0 Å². The summed E-state index contributed by atoms with van der Waals surface area (Å²) in [6.07, 6.45) is -13.5. The lowest BCUT2D eigenvalue weighted by Gasteiger charge is -2.29. The molecule has 0 spiro atoms. The van der Waals surface area contributed by atoms with Gasteiger partial charge >= 0.3 is 0 Å². The molecule has 0 fully saturated rings. The van der Waals surface area contributed by atoms with E-state index in [4.69, 9.17) is 5.73 Å². The maximum absolute atomic E-state index is 13.4. The Morgan fingerprint density at radius 1 is 0.257 bits per heavy atom. The number of carboxylic acids is 9. The Bertz CT molecular complexity index is 2250. The van der Waals surface area contributed by atoms with Gasteiger partial charge in [-0.05, 0) is 7.05 Å². The van der Waals surface area contributed by atoms with Crippen molar-refractivity contribution in [2.45, 2.75) is 112 Å². The predicted molar refractivity (Wildman–Crippen MR) is 204 cm³/mol. The first-order chi connectivity index (χ1) is 34.2. The van der Waals surface area contributed by atoms with Gasteiger partial charge in [-0.1, -0.05) is 0 Å². The fourth-order valence-electron chi connectivity index (χ4n) is 5.69. The molecule has 0 aliphatic rings. The number of amides is 9. The number of hydrogen-bond acceptors (Lipinski definition) is 28. The maximum atomic E-state index is 13.4. The normalized spacial score (nSPS) is 14.2.